The highest BCUT2D eigenvalue weighted by atomic mass is 16.3. The number of aliphatic imine (C=N–C) groups is 1. The molecule has 1 N–H and O–H groups in total. The van der Waals surface area contributed by atoms with Gasteiger partial charge in [0.1, 0.15) is 0 Å². The summed E-state index contributed by atoms with van der Waals surface area (Å²) in [4.78, 5) is 4.96. The van der Waals surface area contributed by atoms with E-state index in [2.05, 4.69) is 103 Å². The minimum Gasteiger partial charge on any atom is -0.387 e. The smallest absolute Gasteiger partial charge is 0.0900 e. The fourth-order valence-corrected chi connectivity index (χ4v) is 5.95. The van der Waals surface area contributed by atoms with E-state index in [0.29, 0.717) is 0 Å². The van der Waals surface area contributed by atoms with Crippen molar-refractivity contribution in [2.45, 2.75) is 12.0 Å². The molecule has 2 heteroatoms. The number of rotatable bonds is 4. The molecular weight excluding hydrogens is 474 g/mol. The van der Waals surface area contributed by atoms with E-state index in [1.54, 1.807) is 0 Å². The average molecular weight is 502 g/mol. The average Bonchev–Trinajstić information content (AvgIpc) is 3.01. The van der Waals surface area contributed by atoms with Crippen molar-refractivity contribution in [2.75, 3.05) is 0 Å². The first-order valence-electron chi connectivity index (χ1n) is 13.4. The molecular formula is C37H27NO. The molecule has 0 saturated carbocycles. The molecule has 0 heterocycles. The molecule has 1 aliphatic rings. The summed E-state index contributed by atoms with van der Waals surface area (Å²) in [5.41, 5.74) is 7.44. The van der Waals surface area contributed by atoms with Crippen molar-refractivity contribution in [3.63, 3.8) is 0 Å². The topological polar surface area (TPSA) is 32.6 Å². The van der Waals surface area contributed by atoms with Gasteiger partial charge >= 0.3 is 0 Å². The van der Waals surface area contributed by atoms with Crippen molar-refractivity contribution in [1.29, 1.82) is 0 Å². The van der Waals surface area contributed by atoms with Crippen LogP contribution in [0.5, 0.6) is 0 Å². The van der Waals surface area contributed by atoms with Crippen molar-refractivity contribution >= 4 is 27.3 Å². The van der Waals surface area contributed by atoms with Gasteiger partial charge < -0.3 is 5.11 Å². The molecule has 6 aromatic carbocycles. The van der Waals surface area contributed by atoms with Crippen LogP contribution in [0.4, 0.5) is 0 Å². The highest BCUT2D eigenvalue weighted by Crippen LogP contribution is 2.51. The zero-order valence-electron chi connectivity index (χ0n) is 21.4. The van der Waals surface area contributed by atoms with Gasteiger partial charge in [0.15, 0.2) is 0 Å². The summed E-state index contributed by atoms with van der Waals surface area (Å²) in [6.07, 6.45) is 3.25. The number of benzene rings is 6. The highest BCUT2D eigenvalue weighted by molar-refractivity contribution is 6.13. The van der Waals surface area contributed by atoms with Gasteiger partial charge in [-0.3, -0.25) is 4.99 Å². The Morgan fingerprint density at radius 1 is 0.538 bits per heavy atom. The lowest BCUT2D eigenvalue weighted by Gasteiger charge is -2.32. The molecule has 0 bridgehead atoms. The maximum Gasteiger partial charge on any atom is 0.0900 e. The van der Waals surface area contributed by atoms with Crippen molar-refractivity contribution in [3.05, 3.63) is 168 Å². The van der Waals surface area contributed by atoms with Gasteiger partial charge in [0.2, 0.25) is 0 Å². The summed E-state index contributed by atoms with van der Waals surface area (Å²) in [6, 6.07) is 46.0. The van der Waals surface area contributed by atoms with Gasteiger partial charge in [-0.1, -0.05) is 140 Å². The molecule has 39 heavy (non-hydrogen) atoms. The molecule has 1 aliphatic carbocycles. The van der Waals surface area contributed by atoms with Gasteiger partial charge in [-0.05, 0) is 43.8 Å². The Bertz CT molecular complexity index is 1830. The van der Waals surface area contributed by atoms with E-state index < -0.39 is 6.10 Å². The van der Waals surface area contributed by atoms with E-state index in [-0.39, 0.29) is 5.92 Å². The molecule has 0 aliphatic heterocycles. The predicted octanol–water partition coefficient (Wildman–Crippen LogP) is 8.84. The Hall–Kier alpha value is -4.79. The van der Waals surface area contributed by atoms with E-state index in [0.717, 1.165) is 33.5 Å². The first-order chi connectivity index (χ1) is 19.3. The third-order valence-electron chi connectivity index (χ3n) is 7.78. The van der Waals surface area contributed by atoms with Crippen LogP contribution >= 0.6 is 0 Å². The maximum absolute atomic E-state index is 11.8. The number of fused-ring (bicyclic) bond motifs is 7. The highest BCUT2D eigenvalue weighted by Gasteiger charge is 2.33. The molecule has 0 radical (unpaired) electrons. The number of aliphatic hydroxyl groups excluding tert-OH is 1. The van der Waals surface area contributed by atoms with Crippen LogP contribution in [0.3, 0.4) is 0 Å². The molecule has 6 aromatic rings. The standard InChI is InChI=1S/C37H27NO/c39-37-32(23-24-38-36(27-13-3-1-4-14-27)28-15-5-2-6-16-28)31-21-19-25-11-7-9-17-29(25)34(31)35-30-18-10-8-12-26(30)20-22-33(35)37/h1-24,32,37,39H/b24-23+/t32-,37+/m0/s1. The number of hydrogen-bond donors (Lipinski definition) is 1. The van der Waals surface area contributed by atoms with Gasteiger partial charge in [0.05, 0.1) is 11.8 Å². The van der Waals surface area contributed by atoms with E-state index in [4.69, 9.17) is 4.99 Å². The molecule has 0 aromatic heterocycles. The lowest BCUT2D eigenvalue weighted by molar-refractivity contribution is 0.160. The van der Waals surface area contributed by atoms with Crippen LogP contribution < -0.4 is 0 Å². The van der Waals surface area contributed by atoms with Gasteiger partial charge in [0.25, 0.3) is 0 Å². The van der Waals surface area contributed by atoms with Crippen LogP contribution in [0.1, 0.15) is 34.3 Å². The molecule has 2 nitrogen and oxygen atoms in total. The zero-order chi connectivity index (χ0) is 26.2. The molecule has 0 spiro atoms. The molecule has 186 valence electrons. The second kappa shape index (κ2) is 9.83. The second-order valence-electron chi connectivity index (χ2n) is 10.0. The van der Waals surface area contributed by atoms with Crippen molar-refractivity contribution in [1.82, 2.24) is 0 Å². The molecule has 2 atom stereocenters. The molecule has 7 rings (SSSR count). The molecule has 0 unspecified atom stereocenters. The van der Waals surface area contributed by atoms with Crippen molar-refractivity contribution in [3.8, 4) is 11.1 Å². The first kappa shape index (κ1) is 23.3. The number of aliphatic hydroxyl groups is 1. The lowest BCUT2D eigenvalue weighted by atomic mass is 9.73. The van der Waals surface area contributed by atoms with E-state index >= 15 is 0 Å². The monoisotopic (exact) mass is 501 g/mol. The van der Waals surface area contributed by atoms with Gasteiger partial charge in [-0.25, -0.2) is 0 Å². The van der Waals surface area contributed by atoms with Crippen molar-refractivity contribution in [2.24, 2.45) is 4.99 Å². The van der Waals surface area contributed by atoms with E-state index in [1.165, 1.54) is 27.1 Å². The Balaban J connectivity index is 1.41. The largest absolute Gasteiger partial charge is 0.387 e. The quantitative estimate of drug-likeness (QED) is 0.240. The number of nitrogens with zero attached hydrogens (tertiary/aromatic N) is 1. The van der Waals surface area contributed by atoms with Gasteiger partial charge in [0, 0.05) is 23.2 Å². The predicted molar refractivity (Wildman–Crippen MR) is 162 cm³/mol. The first-order valence-corrected chi connectivity index (χ1v) is 13.4. The Morgan fingerprint density at radius 3 is 1.62 bits per heavy atom. The third-order valence-corrected chi connectivity index (χ3v) is 7.78. The van der Waals surface area contributed by atoms with Crippen molar-refractivity contribution < 1.29 is 5.11 Å². The van der Waals surface area contributed by atoms with Gasteiger partial charge in [-0.15, -0.1) is 0 Å². The van der Waals surface area contributed by atoms with Crippen LogP contribution in [0.15, 0.2) is 151 Å². The van der Waals surface area contributed by atoms with E-state index in [1.807, 2.05) is 42.6 Å². The molecule has 0 amide bonds. The molecule has 0 fully saturated rings. The normalized spacial score (nSPS) is 16.2. The summed E-state index contributed by atoms with van der Waals surface area (Å²) in [5, 5.41) is 16.5. The van der Waals surface area contributed by atoms with Crippen LogP contribution in [0.2, 0.25) is 0 Å². The van der Waals surface area contributed by atoms with Crippen LogP contribution in [-0.4, -0.2) is 10.8 Å². The van der Waals surface area contributed by atoms with Crippen LogP contribution in [0, 0.1) is 0 Å². The lowest BCUT2D eigenvalue weighted by Crippen LogP contribution is -2.16. The minimum atomic E-state index is -0.679. The summed E-state index contributed by atoms with van der Waals surface area (Å²) in [7, 11) is 0. The second-order valence-corrected chi connectivity index (χ2v) is 10.0. The summed E-state index contributed by atoms with van der Waals surface area (Å²) in [6.45, 7) is 0. The third kappa shape index (κ3) is 4.06. The maximum atomic E-state index is 11.8. The Kier molecular flexibility index (Phi) is 5.88. The summed E-state index contributed by atoms with van der Waals surface area (Å²) in [5.74, 6) is -0.227. The fourth-order valence-electron chi connectivity index (χ4n) is 5.95. The van der Waals surface area contributed by atoms with Crippen LogP contribution in [0.25, 0.3) is 32.7 Å². The minimum absolute atomic E-state index is 0.227. The summed E-state index contributed by atoms with van der Waals surface area (Å²) < 4.78 is 0. The van der Waals surface area contributed by atoms with Gasteiger partial charge in [-0.2, -0.15) is 0 Å². The zero-order valence-corrected chi connectivity index (χ0v) is 21.4. The molecule has 0 saturated heterocycles. The Morgan fingerprint density at radius 2 is 1.03 bits per heavy atom. The Labute approximate surface area is 228 Å². The SMILES string of the molecule is O[C@H]1c2ccc3ccccc3c2-c2c(ccc3ccccc23)[C@@H]1/C=C/N=C(c1ccccc1)c1ccccc1. The van der Waals surface area contributed by atoms with Crippen LogP contribution in [-0.2, 0) is 0 Å². The fraction of sp³-hybridized carbons (Fsp3) is 0.0541. The summed E-state index contributed by atoms with van der Waals surface area (Å²) >= 11 is 0. The van der Waals surface area contributed by atoms with E-state index in [9.17, 15) is 5.11 Å². The number of hydrogen-bond acceptors (Lipinski definition) is 2.